The van der Waals surface area contributed by atoms with E-state index in [9.17, 15) is 9.59 Å². The van der Waals surface area contributed by atoms with Crippen molar-refractivity contribution in [1.29, 1.82) is 5.26 Å². The molecular weight excluding hydrogens is 330 g/mol. The first kappa shape index (κ1) is 17.6. The number of carbonyl (C=O) groups excluding carboxylic acids is 2. The van der Waals surface area contributed by atoms with Crippen LogP contribution in [0.3, 0.4) is 0 Å². The quantitative estimate of drug-likeness (QED) is 0.922. The van der Waals surface area contributed by atoms with Crippen molar-refractivity contribution in [2.24, 2.45) is 0 Å². The van der Waals surface area contributed by atoms with Crippen LogP contribution in [0.5, 0.6) is 0 Å². The van der Waals surface area contributed by atoms with Crippen molar-refractivity contribution in [3.05, 3.63) is 65.2 Å². The van der Waals surface area contributed by atoms with Gasteiger partial charge in [-0.25, -0.2) is 0 Å². The van der Waals surface area contributed by atoms with Crippen LogP contribution in [-0.4, -0.2) is 36.5 Å². The highest BCUT2D eigenvalue weighted by molar-refractivity contribution is 5.96. The number of carbonyl (C=O) groups is 2. The molecule has 0 spiro atoms. The Kier molecular flexibility index (Phi) is 5.01. The summed E-state index contributed by atoms with van der Waals surface area (Å²) in [5, 5.41) is 11.7. The molecular formula is C20H19N3O3. The van der Waals surface area contributed by atoms with Crippen molar-refractivity contribution in [3.8, 4) is 6.07 Å². The number of morpholine rings is 1. The molecule has 2 aromatic rings. The summed E-state index contributed by atoms with van der Waals surface area (Å²) in [5.74, 6) is -0.502. The van der Waals surface area contributed by atoms with E-state index < -0.39 is 12.1 Å². The Hall–Kier alpha value is -3.17. The monoisotopic (exact) mass is 349 g/mol. The summed E-state index contributed by atoms with van der Waals surface area (Å²) < 4.78 is 5.58. The molecule has 6 nitrogen and oxygen atoms in total. The summed E-state index contributed by atoms with van der Waals surface area (Å²) in [5.41, 5.74) is 3.02. The minimum Gasteiger partial charge on any atom is -0.356 e. The SMILES string of the molecule is Cc1ccc([C@@H]2[C@@H](C(=O)Nc3ccc(C#N)cc3)OCC(=O)N2C)cc1. The molecule has 1 aliphatic rings. The van der Waals surface area contributed by atoms with Crippen molar-refractivity contribution >= 4 is 17.5 Å². The number of hydrogen-bond acceptors (Lipinski definition) is 4. The zero-order valence-electron chi connectivity index (χ0n) is 14.6. The molecule has 0 unspecified atom stereocenters. The van der Waals surface area contributed by atoms with Gasteiger partial charge < -0.3 is 15.0 Å². The average molecular weight is 349 g/mol. The highest BCUT2D eigenvalue weighted by Crippen LogP contribution is 2.30. The smallest absolute Gasteiger partial charge is 0.256 e. The van der Waals surface area contributed by atoms with Crippen LogP contribution in [0, 0.1) is 18.3 Å². The molecule has 0 aromatic heterocycles. The second-order valence-electron chi connectivity index (χ2n) is 6.27. The Morgan fingerprint density at radius 3 is 2.46 bits per heavy atom. The van der Waals surface area contributed by atoms with Gasteiger partial charge in [0.25, 0.3) is 5.91 Å². The predicted octanol–water partition coefficient (Wildman–Crippen LogP) is 2.40. The highest BCUT2D eigenvalue weighted by Gasteiger charge is 2.40. The Morgan fingerprint density at radius 1 is 1.19 bits per heavy atom. The summed E-state index contributed by atoms with van der Waals surface area (Å²) in [6, 6.07) is 15.8. The Labute approximate surface area is 152 Å². The van der Waals surface area contributed by atoms with E-state index in [0.717, 1.165) is 11.1 Å². The fourth-order valence-corrected chi connectivity index (χ4v) is 2.93. The van der Waals surface area contributed by atoms with E-state index in [2.05, 4.69) is 5.32 Å². The number of ether oxygens (including phenoxy) is 1. The molecule has 3 rings (SSSR count). The van der Waals surface area contributed by atoms with E-state index in [0.29, 0.717) is 11.3 Å². The standard InChI is InChI=1S/C20H19N3O3/c1-13-3-7-15(8-4-13)18-19(26-12-17(24)23(18)2)20(25)22-16-9-5-14(11-21)6-10-16/h3-10,18-19H,12H2,1-2H3,(H,22,25)/t18-,19+/m1/s1. The summed E-state index contributed by atoms with van der Waals surface area (Å²) in [6.07, 6.45) is -0.823. The van der Waals surface area contributed by atoms with Crippen molar-refractivity contribution in [1.82, 2.24) is 4.90 Å². The van der Waals surface area contributed by atoms with Crippen molar-refractivity contribution < 1.29 is 14.3 Å². The largest absolute Gasteiger partial charge is 0.356 e. The van der Waals surface area contributed by atoms with Gasteiger partial charge in [-0.1, -0.05) is 29.8 Å². The number of hydrogen-bond donors (Lipinski definition) is 1. The third kappa shape index (κ3) is 3.58. The van der Waals surface area contributed by atoms with Gasteiger partial charge in [-0.3, -0.25) is 9.59 Å². The van der Waals surface area contributed by atoms with E-state index in [4.69, 9.17) is 10.00 Å². The van der Waals surface area contributed by atoms with Crippen LogP contribution in [0.1, 0.15) is 22.7 Å². The van der Waals surface area contributed by atoms with Gasteiger partial charge in [0, 0.05) is 12.7 Å². The Balaban J connectivity index is 1.84. The zero-order chi connectivity index (χ0) is 18.7. The molecule has 0 saturated carbocycles. The number of nitriles is 1. The van der Waals surface area contributed by atoms with E-state index in [1.54, 1.807) is 36.2 Å². The van der Waals surface area contributed by atoms with Crippen molar-refractivity contribution in [2.45, 2.75) is 19.1 Å². The topological polar surface area (TPSA) is 82.4 Å². The zero-order valence-corrected chi connectivity index (χ0v) is 14.6. The maximum absolute atomic E-state index is 12.8. The average Bonchev–Trinajstić information content (AvgIpc) is 2.65. The third-order valence-corrected chi connectivity index (χ3v) is 4.44. The molecule has 2 amide bonds. The van der Waals surface area contributed by atoms with Crippen LogP contribution in [0.15, 0.2) is 48.5 Å². The lowest BCUT2D eigenvalue weighted by atomic mass is 9.96. The minimum atomic E-state index is -0.823. The molecule has 6 heteroatoms. The van der Waals surface area contributed by atoms with Crippen molar-refractivity contribution in [2.75, 3.05) is 19.0 Å². The van der Waals surface area contributed by atoms with E-state index in [1.807, 2.05) is 37.3 Å². The maximum atomic E-state index is 12.8. The number of aryl methyl sites for hydroxylation is 1. The van der Waals surface area contributed by atoms with Gasteiger partial charge >= 0.3 is 0 Å². The number of rotatable bonds is 3. The molecule has 1 aliphatic heterocycles. The molecule has 26 heavy (non-hydrogen) atoms. The van der Waals surface area contributed by atoms with Crippen molar-refractivity contribution in [3.63, 3.8) is 0 Å². The van der Waals surface area contributed by atoms with E-state index in [-0.39, 0.29) is 18.4 Å². The predicted molar refractivity (Wildman–Crippen MR) is 96.2 cm³/mol. The van der Waals surface area contributed by atoms with Crippen LogP contribution in [0.25, 0.3) is 0 Å². The number of anilines is 1. The number of nitrogens with one attached hydrogen (secondary N) is 1. The molecule has 0 aliphatic carbocycles. The second kappa shape index (κ2) is 7.38. The first-order chi connectivity index (χ1) is 12.5. The normalized spacial score (nSPS) is 19.7. The lowest BCUT2D eigenvalue weighted by Crippen LogP contribution is -2.51. The van der Waals surface area contributed by atoms with Gasteiger partial charge in [-0.2, -0.15) is 5.26 Å². The summed E-state index contributed by atoms with van der Waals surface area (Å²) in [7, 11) is 1.68. The Morgan fingerprint density at radius 2 is 1.85 bits per heavy atom. The second-order valence-corrected chi connectivity index (χ2v) is 6.27. The first-order valence-electron chi connectivity index (χ1n) is 8.24. The minimum absolute atomic E-state index is 0.135. The molecule has 0 bridgehead atoms. The van der Waals surface area contributed by atoms with Gasteiger partial charge in [0.2, 0.25) is 5.91 Å². The number of amides is 2. The molecule has 2 aromatic carbocycles. The fourth-order valence-electron chi connectivity index (χ4n) is 2.93. The number of nitrogens with zero attached hydrogens (tertiary/aromatic N) is 2. The van der Waals surface area contributed by atoms with Crippen LogP contribution >= 0.6 is 0 Å². The maximum Gasteiger partial charge on any atom is 0.256 e. The first-order valence-corrected chi connectivity index (χ1v) is 8.24. The van der Waals surface area contributed by atoms with Crippen LogP contribution in [0.4, 0.5) is 5.69 Å². The van der Waals surface area contributed by atoms with Gasteiger partial charge in [0.1, 0.15) is 6.61 Å². The fraction of sp³-hybridized carbons (Fsp3) is 0.250. The molecule has 132 valence electrons. The van der Waals surface area contributed by atoms with Gasteiger partial charge in [-0.05, 0) is 36.8 Å². The third-order valence-electron chi connectivity index (χ3n) is 4.44. The molecule has 1 heterocycles. The Bertz CT molecular complexity index is 853. The van der Waals surface area contributed by atoms with Gasteiger partial charge in [-0.15, -0.1) is 0 Å². The van der Waals surface area contributed by atoms with E-state index in [1.165, 1.54) is 0 Å². The van der Waals surface area contributed by atoms with Crippen LogP contribution in [0.2, 0.25) is 0 Å². The molecule has 0 radical (unpaired) electrons. The molecule has 2 atom stereocenters. The summed E-state index contributed by atoms with van der Waals surface area (Å²) in [4.78, 5) is 26.4. The highest BCUT2D eigenvalue weighted by atomic mass is 16.5. The molecule has 1 N–H and O–H groups in total. The molecule has 1 saturated heterocycles. The number of benzene rings is 2. The van der Waals surface area contributed by atoms with Crippen LogP contribution in [-0.2, 0) is 14.3 Å². The summed E-state index contributed by atoms with van der Waals surface area (Å²) in [6.45, 7) is 1.84. The summed E-state index contributed by atoms with van der Waals surface area (Å²) >= 11 is 0. The lowest BCUT2D eigenvalue weighted by molar-refractivity contribution is -0.160. The van der Waals surface area contributed by atoms with Gasteiger partial charge in [0.05, 0.1) is 17.7 Å². The number of likely N-dealkylation sites (N-methyl/N-ethyl adjacent to an activating group) is 1. The lowest BCUT2D eigenvalue weighted by Gasteiger charge is -2.38. The van der Waals surface area contributed by atoms with Gasteiger partial charge in [0.15, 0.2) is 6.10 Å². The molecule has 1 fully saturated rings. The van der Waals surface area contributed by atoms with Crippen LogP contribution < -0.4 is 5.32 Å². The van der Waals surface area contributed by atoms with E-state index >= 15 is 0 Å².